The minimum Gasteiger partial charge on any atom is -0.475 e. The second-order valence-corrected chi connectivity index (χ2v) is 8.46. The minimum atomic E-state index is -5.08. The first-order chi connectivity index (χ1) is 15.6. The van der Waals surface area contributed by atoms with E-state index in [1.807, 2.05) is 0 Å². The van der Waals surface area contributed by atoms with Crippen molar-refractivity contribution < 1.29 is 53.4 Å². The van der Waals surface area contributed by atoms with Crippen LogP contribution in [0.2, 0.25) is 0 Å². The molecule has 1 aromatic carbocycles. The lowest BCUT2D eigenvalue weighted by molar-refractivity contribution is -0.192. The molecule has 34 heavy (non-hydrogen) atoms. The maximum atomic E-state index is 13.7. The molecule has 0 amide bonds. The van der Waals surface area contributed by atoms with Crippen LogP contribution in [-0.2, 0) is 27.9 Å². The van der Waals surface area contributed by atoms with Crippen LogP contribution < -0.4 is 10.0 Å². The van der Waals surface area contributed by atoms with Crippen LogP contribution >= 0.6 is 0 Å². The van der Waals surface area contributed by atoms with Crippen molar-refractivity contribution in [3.63, 3.8) is 0 Å². The second-order valence-electron chi connectivity index (χ2n) is 6.75. The third-order valence-corrected chi connectivity index (χ3v) is 5.70. The number of alkyl halides is 3. The normalized spacial score (nSPS) is 16.3. The highest BCUT2D eigenvalue weighted by molar-refractivity contribution is 7.89. The topological polar surface area (TPSA) is 126 Å². The van der Waals surface area contributed by atoms with E-state index in [1.54, 1.807) is 4.72 Å². The zero-order valence-electron chi connectivity index (χ0n) is 16.6. The second kappa shape index (κ2) is 10.6. The summed E-state index contributed by atoms with van der Waals surface area (Å²) in [5.41, 5.74) is 0.112. The van der Waals surface area contributed by atoms with Crippen molar-refractivity contribution in [1.82, 2.24) is 25.0 Å². The van der Waals surface area contributed by atoms with Crippen molar-refractivity contribution in [2.75, 3.05) is 6.54 Å². The molecule has 1 saturated heterocycles. The molecule has 0 unspecified atom stereocenters. The number of sulfonamides is 1. The van der Waals surface area contributed by atoms with E-state index < -0.39 is 62.7 Å². The van der Waals surface area contributed by atoms with Crippen molar-refractivity contribution in [1.29, 1.82) is 0 Å². The van der Waals surface area contributed by atoms with Gasteiger partial charge in [0, 0.05) is 12.2 Å². The maximum absolute atomic E-state index is 13.7. The number of carboxylic acid groups (broad SMARTS) is 1. The Morgan fingerprint density at radius 1 is 1.12 bits per heavy atom. The molecule has 18 heteroatoms. The molecule has 1 fully saturated rings. The van der Waals surface area contributed by atoms with Crippen molar-refractivity contribution in [2.45, 2.75) is 43.0 Å². The van der Waals surface area contributed by atoms with Crippen LogP contribution in [0.4, 0.5) is 35.1 Å². The lowest BCUT2D eigenvalue weighted by atomic mass is 10.2. The van der Waals surface area contributed by atoms with Crippen LogP contribution in [0.25, 0.3) is 0 Å². The van der Waals surface area contributed by atoms with Gasteiger partial charge in [-0.05, 0) is 19.4 Å². The Kier molecular flexibility index (Phi) is 8.54. The van der Waals surface area contributed by atoms with E-state index in [9.17, 15) is 43.5 Å². The molecule has 1 aromatic heterocycles. The Labute approximate surface area is 185 Å². The quantitative estimate of drug-likeness (QED) is 0.299. The number of halogens is 8. The van der Waals surface area contributed by atoms with Crippen LogP contribution in [0.15, 0.2) is 11.1 Å². The van der Waals surface area contributed by atoms with Crippen LogP contribution in [0.5, 0.6) is 0 Å². The van der Waals surface area contributed by atoms with Crippen molar-refractivity contribution in [3.8, 4) is 0 Å². The summed E-state index contributed by atoms with van der Waals surface area (Å²) in [5.74, 6) is -14.8. The highest BCUT2D eigenvalue weighted by Gasteiger charge is 2.38. The smallest absolute Gasteiger partial charge is 0.475 e. The Morgan fingerprint density at radius 3 is 2.12 bits per heavy atom. The summed E-state index contributed by atoms with van der Waals surface area (Å²) in [6.45, 7) is 0.839. The standard InChI is InChI=1S/C14H14F5N5O2S.C2HF3O2/c15-9-10(16)12(18)14(13(19)11(9)17)27(25,26)21-4-8-6-24(23-22-8)5-7-2-1-3-20-7;3-2(4,5)1(6)7/h6-7,20-21H,1-5H2;(H,6,7)/t7-;/m0./s1. The fourth-order valence-corrected chi connectivity index (χ4v) is 3.84. The van der Waals surface area contributed by atoms with Gasteiger partial charge >= 0.3 is 12.1 Å². The Balaban J connectivity index is 0.000000509. The molecule has 2 heterocycles. The zero-order chi connectivity index (χ0) is 25.8. The number of aliphatic carboxylic acids is 1. The van der Waals surface area contributed by atoms with E-state index in [-0.39, 0.29) is 11.7 Å². The van der Waals surface area contributed by atoms with Gasteiger partial charge in [-0.15, -0.1) is 5.10 Å². The van der Waals surface area contributed by atoms with Gasteiger partial charge in [0.15, 0.2) is 28.2 Å². The number of aromatic nitrogens is 3. The maximum Gasteiger partial charge on any atom is 0.490 e. The summed E-state index contributed by atoms with van der Waals surface area (Å²) in [7, 11) is -5.03. The fraction of sp³-hybridized carbons (Fsp3) is 0.438. The van der Waals surface area contributed by atoms with E-state index in [1.165, 1.54) is 10.9 Å². The fourth-order valence-electron chi connectivity index (χ4n) is 2.71. The van der Waals surface area contributed by atoms with Gasteiger partial charge in [0.2, 0.25) is 15.8 Å². The van der Waals surface area contributed by atoms with Crippen LogP contribution in [0.1, 0.15) is 18.5 Å². The summed E-state index contributed by atoms with van der Waals surface area (Å²) in [4.78, 5) is 6.95. The number of nitrogens with one attached hydrogen (secondary N) is 2. The number of hydrogen-bond acceptors (Lipinski definition) is 6. The molecule has 1 aliphatic rings. The number of benzene rings is 1. The molecule has 1 atom stereocenters. The van der Waals surface area contributed by atoms with Gasteiger partial charge in [-0.1, -0.05) is 5.21 Å². The number of carboxylic acids is 1. The summed E-state index contributed by atoms with van der Waals surface area (Å²) in [5, 5.41) is 17.9. The number of nitrogens with zero attached hydrogens (tertiary/aromatic N) is 3. The largest absolute Gasteiger partial charge is 0.490 e. The van der Waals surface area contributed by atoms with Gasteiger partial charge in [0.25, 0.3) is 0 Å². The molecule has 0 bridgehead atoms. The van der Waals surface area contributed by atoms with Gasteiger partial charge < -0.3 is 10.4 Å². The molecule has 0 saturated carbocycles. The van der Waals surface area contributed by atoms with Crippen LogP contribution in [0, 0.1) is 29.1 Å². The number of hydrogen-bond donors (Lipinski definition) is 3. The first-order valence-electron chi connectivity index (χ1n) is 9.08. The SMILES string of the molecule is O=C(O)C(F)(F)F.O=S(=O)(NCc1cn(C[C@@H]2CCCN2)nn1)c1c(F)c(F)c(F)c(F)c1F. The molecule has 2 aromatic rings. The zero-order valence-corrected chi connectivity index (χ0v) is 17.5. The third-order valence-electron chi connectivity index (χ3n) is 4.28. The molecule has 3 rings (SSSR count). The summed E-state index contributed by atoms with van der Waals surface area (Å²) in [6, 6.07) is 0.199. The summed E-state index contributed by atoms with van der Waals surface area (Å²) >= 11 is 0. The van der Waals surface area contributed by atoms with Gasteiger partial charge in [-0.3, -0.25) is 4.68 Å². The molecule has 190 valence electrons. The summed E-state index contributed by atoms with van der Waals surface area (Å²) < 4.78 is 126. The first-order valence-corrected chi connectivity index (χ1v) is 10.6. The monoisotopic (exact) mass is 525 g/mol. The Bertz CT molecular complexity index is 1120. The van der Waals surface area contributed by atoms with E-state index in [0.717, 1.165) is 19.4 Å². The third kappa shape index (κ3) is 6.60. The molecule has 9 nitrogen and oxygen atoms in total. The molecule has 1 aliphatic heterocycles. The van der Waals surface area contributed by atoms with E-state index >= 15 is 0 Å². The molecular formula is C16H15F8N5O4S. The van der Waals surface area contributed by atoms with Crippen LogP contribution in [0.3, 0.4) is 0 Å². The average molecular weight is 525 g/mol. The Hall–Kier alpha value is -2.86. The number of carbonyl (C=O) groups is 1. The number of rotatable bonds is 6. The molecule has 0 radical (unpaired) electrons. The molecular weight excluding hydrogens is 510 g/mol. The minimum absolute atomic E-state index is 0.112. The van der Waals surface area contributed by atoms with E-state index in [2.05, 4.69) is 15.6 Å². The lowest BCUT2D eigenvalue weighted by Crippen LogP contribution is -2.27. The van der Waals surface area contributed by atoms with Gasteiger partial charge in [-0.25, -0.2) is 39.9 Å². The average Bonchev–Trinajstić information content (AvgIpc) is 3.41. The highest BCUT2D eigenvalue weighted by Crippen LogP contribution is 2.26. The predicted octanol–water partition coefficient (Wildman–Crippen LogP) is 1.84. The van der Waals surface area contributed by atoms with Crippen LogP contribution in [-0.4, -0.2) is 53.3 Å². The molecule has 3 N–H and O–H groups in total. The van der Waals surface area contributed by atoms with Crippen molar-refractivity contribution in [2.24, 2.45) is 0 Å². The molecule has 0 aliphatic carbocycles. The Morgan fingerprint density at radius 2 is 1.65 bits per heavy atom. The van der Waals surface area contributed by atoms with Crippen molar-refractivity contribution >= 4 is 16.0 Å². The summed E-state index contributed by atoms with van der Waals surface area (Å²) in [6.07, 6.45) is -1.70. The van der Waals surface area contributed by atoms with Gasteiger partial charge in [0.05, 0.1) is 18.8 Å². The van der Waals surface area contributed by atoms with E-state index in [4.69, 9.17) is 9.90 Å². The first kappa shape index (κ1) is 27.4. The highest BCUT2D eigenvalue weighted by atomic mass is 32.2. The van der Waals surface area contributed by atoms with Crippen molar-refractivity contribution in [3.05, 3.63) is 41.0 Å². The van der Waals surface area contributed by atoms with Gasteiger partial charge in [-0.2, -0.15) is 13.2 Å². The lowest BCUT2D eigenvalue weighted by Gasteiger charge is -2.10. The van der Waals surface area contributed by atoms with E-state index in [0.29, 0.717) is 6.54 Å². The predicted molar refractivity (Wildman–Crippen MR) is 95.0 cm³/mol. The van der Waals surface area contributed by atoms with Gasteiger partial charge in [0.1, 0.15) is 0 Å². The molecule has 0 spiro atoms.